The Labute approximate surface area is 140 Å². The topological polar surface area (TPSA) is 69.7 Å². The van der Waals surface area contributed by atoms with E-state index >= 15 is 0 Å². The molecule has 1 aliphatic heterocycles. The molecule has 0 atom stereocenters. The van der Waals surface area contributed by atoms with Crippen molar-refractivity contribution in [2.24, 2.45) is 0 Å². The third kappa shape index (κ3) is 3.67. The molecule has 1 aliphatic rings. The minimum Gasteiger partial charge on any atom is -0.358 e. The summed E-state index contributed by atoms with van der Waals surface area (Å²) in [5, 5.41) is 2.52. The molecule has 0 aliphatic carbocycles. The molecule has 0 radical (unpaired) electrons. The van der Waals surface area contributed by atoms with Gasteiger partial charge < -0.3 is 15.1 Å². The van der Waals surface area contributed by atoms with Gasteiger partial charge in [0.2, 0.25) is 11.8 Å². The highest BCUT2D eigenvalue weighted by atomic mass is 32.2. The number of rotatable bonds is 5. The van der Waals surface area contributed by atoms with Crippen LogP contribution in [0, 0.1) is 0 Å². The van der Waals surface area contributed by atoms with Gasteiger partial charge >= 0.3 is 0 Å². The number of likely N-dealkylation sites (N-methyl/N-ethyl adjacent to an activating group) is 1. The Morgan fingerprint density at radius 3 is 2.61 bits per heavy atom. The standard InChI is InChI=1S/C16H21N3O3S/c1-4-18(5-2)16(22)11-6-7-13-12(8-11)19(9-14(20)17-3)15(21)10-23-13/h6-8H,4-5,9-10H2,1-3H3,(H,17,20). The molecule has 0 fully saturated rings. The second-order valence-corrected chi connectivity index (χ2v) is 6.12. The average Bonchev–Trinajstić information content (AvgIpc) is 2.57. The Hall–Kier alpha value is -2.02. The summed E-state index contributed by atoms with van der Waals surface area (Å²) < 4.78 is 0. The summed E-state index contributed by atoms with van der Waals surface area (Å²) in [4.78, 5) is 40.4. The van der Waals surface area contributed by atoms with E-state index in [9.17, 15) is 14.4 Å². The van der Waals surface area contributed by atoms with E-state index in [1.54, 1.807) is 17.0 Å². The number of hydrogen-bond donors (Lipinski definition) is 1. The average molecular weight is 335 g/mol. The van der Waals surface area contributed by atoms with Crippen molar-refractivity contribution < 1.29 is 14.4 Å². The lowest BCUT2D eigenvalue weighted by atomic mass is 10.1. The molecule has 0 saturated carbocycles. The minimum absolute atomic E-state index is 0.0359. The molecule has 2 rings (SSSR count). The second-order valence-electron chi connectivity index (χ2n) is 5.10. The van der Waals surface area contributed by atoms with Crippen molar-refractivity contribution in [2.45, 2.75) is 18.7 Å². The number of hydrogen-bond acceptors (Lipinski definition) is 4. The molecule has 124 valence electrons. The van der Waals surface area contributed by atoms with Crippen LogP contribution in [-0.2, 0) is 9.59 Å². The fraction of sp³-hybridized carbons (Fsp3) is 0.438. The lowest BCUT2D eigenvalue weighted by Gasteiger charge is -2.29. The molecule has 0 bridgehead atoms. The molecule has 1 aromatic rings. The quantitative estimate of drug-likeness (QED) is 0.882. The van der Waals surface area contributed by atoms with Gasteiger partial charge in [-0.1, -0.05) is 0 Å². The van der Waals surface area contributed by atoms with Crippen LogP contribution in [0.15, 0.2) is 23.1 Å². The summed E-state index contributed by atoms with van der Waals surface area (Å²) in [5.41, 5.74) is 1.16. The predicted octanol–water partition coefficient (Wildman–Crippen LogP) is 1.35. The van der Waals surface area contributed by atoms with Crippen LogP contribution in [0.3, 0.4) is 0 Å². The van der Waals surface area contributed by atoms with Crippen LogP contribution in [0.1, 0.15) is 24.2 Å². The summed E-state index contributed by atoms with van der Waals surface area (Å²) in [6, 6.07) is 5.34. The van der Waals surface area contributed by atoms with Crippen LogP contribution in [-0.4, -0.2) is 55.1 Å². The van der Waals surface area contributed by atoms with Gasteiger partial charge in [-0.25, -0.2) is 0 Å². The highest BCUT2D eigenvalue weighted by Gasteiger charge is 2.27. The third-order valence-corrected chi connectivity index (χ3v) is 4.83. The van der Waals surface area contributed by atoms with Crippen molar-refractivity contribution in [2.75, 3.05) is 37.3 Å². The molecule has 3 amide bonds. The zero-order valence-corrected chi connectivity index (χ0v) is 14.4. The van der Waals surface area contributed by atoms with Crippen molar-refractivity contribution >= 4 is 35.2 Å². The number of carbonyl (C=O) groups excluding carboxylic acids is 3. The highest BCUT2D eigenvalue weighted by molar-refractivity contribution is 8.00. The molecular formula is C16H21N3O3S. The molecule has 1 aromatic carbocycles. The first-order valence-electron chi connectivity index (χ1n) is 7.58. The van der Waals surface area contributed by atoms with Crippen molar-refractivity contribution in [3.05, 3.63) is 23.8 Å². The normalized spacial score (nSPS) is 13.5. The van der Waals surface area contributed by atoms with Gasteiger partial charge in [0.1, 0.15) is 6.54 Å². The van der Waals surface area contributed by atoms with E-state index in [2.05, 4.69) is 5.32 Å². The Kier molecular flexibility index (Phi) is 5.65. The van der Waals surface area contributed by atoms with E-state index in [1.165, 1.54) is 23.7 Å². The monoisotopic (exact) mass is 335 g/mol. The van der Waals surface area contributed by atoms with Crippen molar-refractivity contribution in [3.8, 4) is 0 Å². The molecule has 0 unspecified atom stereocenters. The summed E-state index contributed by atoms with van der Waals surface area (Å²) in [5.74, 6) is -0.135. The minimum atomic E-state index is -0.239. The predicted molar refractivity (Wildman–Crippen MR) is 90.8 cm³/mol. The van der Waals surface area contributed by atoms with Gasteiger partial charge in [-0.2, -0.15) is 0 Å². The Bertz CT molecular complexity index is 629. The molecule has 0 saturated heterocycles. The van der Waals surface area contributed by atoms with Crippen LogP contribution < -0.4 is 10.2 Å². The number of anilines is 1. The van der Waals surface area contributed by atoms with Crippen LogP contribution in [0.25, 0.3) is 0 Å². The van der Waals surface area contributed by atoms with E-state index in [0.717, 1.165) is 4.90 Å². The Balaban J connectivity index is 2.37. The van der Waals surface area contributed by atoms with Gasteiger partial charge in [0.05, 0.1) is 11.4 Å². The van der Waals surface area contributed by atoms with Crippen LogP contribution >= 0.6 is 11.8 Å². The molecule has 23 heavy (non-hydrogen) atoms. The Morgan fingerprint density at radius 2 is 2.00 bits per heavy atom. The van der Waals surface area contributed by atoms with E-state index in [-0.39, 0.29) is 24.3 Å². The van der Waals surface area contributed by atoms with Gasteiger partial charge in [0.15, 0.2) is 0 Å². The maximum atomic E-state index is 12.5. The molecule has 1 N–H and O–H groups in total. The van der Waals surface area contributed by atoms with E-state index in [4.69, 9.17) is 0 Å². The zero-order valence-electron chi connectivity index (χ0n) is 13.6. The summed E-state index contributed by atoms with van der Waals surface area (Å²) >= 11 is 1.43. The molecule has 0 aromatic heterocycles. The fourth-order valence-electron chi connectivity index (χ4n) is 2.42. The lowest BCUT2D eigenvalue weighted by Crippen LogP contribution is -2.42. The van der Waals surface area contributed by atoms with Crippen molar-refractivity contribution in [1.29, 1.82) is 0 Å². The fourth-order valence-corrected chi connectivity index (χ4v) is 3.34. The number of fused-ring (bicyclic) bond motifs is 1. The number of thioether (sulfide) groups is 1. The summed E-state index contributed by atoms with van der Waals surface area (Å²) in [6.07, 6.45) is 0. The molecular weight excluding hydrogens is 314 g/mol. The van der Waals surface area contributed by atoms with E-state index < -0.39 is 0 Å². The van der Waals surface area contributed by atoms with Gasteiger partial charge in [-0.15, -0.1) is 11.8 Å². The van der Waals surface area contributed by atoms with Crippen molar-refractivity contribution in [1.82, 2.24) is 10.2 Å². The van der Waals surface area contributed by atoms with Gasteiger partial charge in [-0.05, 0) is 32.0 Å². The second kappa shape index (κ2) is 7.50. The first-order valence-corrected chi connectivity index (χ1v) is 8.57. The molecule has 1 heterocycles. The van der Waals surface area contributed by atoms with Crippen molar-refractivity contribution in [3.63, 3.8) is 0 Å². The first kappa shape index (κ1) is 17.3. The lowest BCUT2D eigenvalue weighted by molar-refractivity contribution is -0.122. The maximum Gasteiger partial charge on any atom is 0.253 e. The van der Waals surface area contributed by atoms with Gasteiger partial charge in [0, 0.05) is 30.6 Å². The number of nitrogens with zero attached hydrogens (tertiary/aromatic N) is 2. The van der Waals surface area contributed by atoms with Gasteiger partial charge in [-0.3, -0.25) is 14.4 Å². The maximum absolute atomic E-state index is 12.5. The van der Waals surface area contributed by atoms with Crippen LogP contribution in [0.2, 0.25) is 0 Å². The van der Waals surface area contributed by atoms with E-state index in [0.29, 0.717) is 30.1 Å². The summed E-state index contributed by atoms with van der Waals surface area (Å²) in [7, 11) is 1.53. The largest absolute Gasteiger partial charge is 0.358 e. The number of nitrogens with one attached hydrogen (secondary N) is 1. The number of carbonyl (C=O) groups is 3. The van der Waals surface area contributed by atoms with Gasteiger partial charge in [0.25, 0.3) is 5.91 Å². The van der Waals surface area contributed by atoms with Crippen LogP contribution in [0.5, 0.6) is 0 Å². The number of benzene rings is 1. The zero-order chi connectivity index (χ0) is 17.0. The van der Waals surface area contributed by atoms with E-state index in [1.807, 2.05) is 19.9 Å². The Morgan fingerprint density at radius 1 is 1.30 bits per heavy atom. The summed E-state index contributed by atoms with van der Waals surface area (Å²) in [6.45, 7) is 5.07. The third-order valence-electron chi connectivity index (χ3n) is 3.78. The SMILES string of the molecule is CCN(CC)C(=O)c1ccc2c(c1)N(CC(=O)NC)C(=O)CS2. The molecule has 0 spiro atoms. The first-order chi connectivity index (χ1) is 11.0. The highest BCUT2D eigenvalue weighted by Crippen LogP contribution is 2.36. The smallest absolute Gasteiger partial charge is 0.253 e. The molecule has 7 heteroatoms. The number of amides is 3. The van der Waals surface area contributed by atoms with Crippen LogP contribution in [0.4, 0.5) is 5.69 Å². The molecule has 6 nitrogen and oxygen atoms in total.